The monoisotopic (exact) mass is 511 g/mol. The van der Waals surface area contributed by atoms with E-state index in [9.17, 15) is 14.4 Å². The van der Waals surface area contributed by atoms with Crippen molar-refractivity contribution in [2.75, 3.05) is 36.8 Å². The molecule has 0 fully saturated rings. The first-order valence-electron chi connectivity index (χ1n) is 11.5. The molecule has 0 atom stereocenters. The summed E-state index contributed by atoms with van der Waals surface area (Å²) in [6.07, 6.45) is 0. The molecule has 0 spiro atoms. The third-order valence-electron chi connectivity index (χ3n) is 5.37. The van der Waals surface area contributed by atoms with Crippen molar-refractivity contribution in [3.63, 3.8) is 0 Å². The third kappa shape index (κ3) is 7.05. The smallest absolute Gasteiger partial charge is 0.268 e. The normalized spacial score (nSPS) is 10.6. The molecule has 2 aromatic heterocycles. The number of hydrogen-bond acceptors (Lipinski definition) is 7. The van der Waals surface area contributed by atoms with Crippen LogP contribution in [0.3, 0.4) is 0 Å². The molecule has 1 aromatic carbocycles. The van der Waals surface area contributed by atoms with Crippen LogP contribution in [0.15, 0.2) is 30.3 Å². The summed E-state index contributed by atoms with van der Waals surface area (Å²) in [4.78, 5) is 47.7. The van der Waals surface area contributed by atoms with E-state index in [0.29, 0.717) is 71.2 Å². The molecule has 0 aliphatic carbocycles. The molecule has 2 amide bonds. The lowest BCUT2D eigenvalue weighted by atomic mass is 10.1. The zero-order valence-corrected chi connectivity index (χ0v) is 21.5. The van der Waals surface area contributed by atoms with Crippen molar-refractivity contribution in [3.8, 4) is 11.4 Å². The van der Waals surface area contributed by atoms with Crippen LogP contribution in [-0.2, 0) is 4.79 Å². The van der Waals surface area contributed by atoms with Gasteiger partial charge in [0.05, 0.1) is 0 Å². The molecule has 0 unspecified atom stereocenters. The molecule has 190 valence electrons. The Bertz CT molecular complexity index is 1260. The maximum absolute atomic E-state index is 12.6. The van der Waals surface area contributed by atoms with Crippen molar-refractivity contribution >= 4 is 40.8 Å². The van der Waals surface area contributed by atoms with Gasteiger partial charge in [-0.05, 0) is 50.6 Å². The predicted molar refractivity (Wildman–Crippen MR) is 141 cm³/mol. The number of nitrogens with zero attached hydrogens (tertiary/aromatic N) is 2. The Labute approximate surface area is 214 Å². The average Bonchev–Trinajstić information content (AvgIpc) is 3.13. The van der Waals surface area contributed by atoms with Gasteiger partial charge < -0.3 is 26.3 Å². The van der Waals surface area contributed by atoms with Crippen molar-refractivity contribution in [2.24, 2.45) is 0 Å². The highest BCUT2D eigenvalue weighted by atomic mass is 35.5. The van der Waals surface area contributed by atoms with Crippen molar-refractivity contribution in [1.29, 1.82) is 0 Å². The number of aryl methyl sites for hydroxylation is 1. The quantitative estimate of drug-likeness (QED) is 0.196. The zero-order chi connectivity index (χ0) is 26.2. The number of carbonyl (C=O) groups excluding carboxylic acids is 3. The van der Waals surface area contributed by atoms with Crippen LogP contribution in [0.4, 0.5) is 11.6 Å². The van der Waals surface area contributed by atoms with Crippen molar-refractivity contribution in [3.05, 3.63) is 57.9 Å². The Hall–Kier alpha value is -3.92. The number of anilines is 2. The Morgan fingerprint density at radius 1 is 0.889 bits per heavy atom. The number of nitrogens with one attached hydrogen (secondary N) is 5. The molecule has 0 bridgehead atoms. The van der Waals surface area contributed by atoms with Gasteiger partial charge in [-0.15, -0.1) is 0 Å². The molecule has 3 aromatic rings. The first kappa shape index (κ1) is 26.7. The number of Topliss-reactive ketones (excluding diaryl/α,β-unsaturated/α-hetero) is 1. The summed E-state index contributed by atoms with van der Waals surface area (Å²) in [5.41, 5.74) is 3.05. The lowest BCUT2D eigenvalue weighted by Crippen LogP contribution is -2.29. The highest BCUT2D eigenvalue weighted by molar-refractivity contribution is 6.30. The number of ketones is 1. The van der Waals surface area contributed by atoms with Gasteiger partial charge in [0, 0.05) is 61.0 Å². The van der Waals surface area contributed by atoms with E-state index in [1.165, 1.54) is 13.8 Å². The molecule has 11 heteroatoms. The van der Waals surface area contributed by atoms with Gasteiger partial charge in [-0.1, -0.05) is 11.6 Å². The second-order valence-corrected chi connectivity index (χ2v) is 8.68. The zero-order valence-electron chi connectivity index (χ0n) is 20.7. The number of hydrogen-bond donors (Lipinski definition) is 5. The lowest BCUT2D eigenvalue weighted by molar-refractivity contribution is -0.118. The molecule has 0 saturated heterocycles. The summed E-state index contributed by atoms with van der Waals surface area (Å²) >= 11 is 6.01. The number of H-pyrrole nitrogens is 1. The molecule has 0 saturated carbocycles. The molecular formula is C25H30ClN7O3. The van der Waals surface area contributed by atoms with E-state index in [1.54, 1.807) is 32.0 Å². The summed E-state index contributed by atoms with van der Waals surface area (Å²) in [7, 11) is 0. The highest BCUT2D eigenvalue weighted by Crippen LogP contribution is 2.22. The van der Waals surface area contributed by atoms with Crippen LogP contribution in [0.5, 0.6) is 0 Å². The van der Waals surface area contributed by atoms with Crippen LogP contribution in [0.1, 0.15) is 46.0 Å². The van der Waals surface area contributed by atoms with Crippen LogP contribution in [-0.4, -0.2) is 58.7 Å². The fourth-order valence-electron chi connectivity index (χ4n) is 3.75. The molecular weight excluding hydrogens is 482 g/mol. The van der Waals surface area contributed by atoms with Gasteiger partial charge in [0.1, 0.15) is 17.3 Å². The van der Waals surface area contributed by atoms with Gasteiger partial charge >= 0.3 is 0 Å². The average molecular weight is 512 g/mol. The Morgan fingerprint density at radius 3 is 2.00 bits per heavy atom. The second-order valence-electron chi connectivity index (χ2n) is 8.24. The van der Waals surface area contributed by atoms with Crippen LogP contribution in [0, 0.1) is 13.8 Å². The SMILES string of the molecule is CC(=O)NCCNc1cc(NCCNC(=O)c2[nH]c(C)c(C(C)=O)c2C)nc(-c2ccc(Cl)cc2)n1. The highest BCUT2D eigenvalue weighted by Gasteiger charge is 2.19. The predicted octanol–water partition coefficient (Wildman–Crippen LogP) is 3.33. The van der Waals surface area contributed by atoms with E-state index in [1.807, 2.05) is 12.1 Å². The number of aromatic nitrogens is 3. The van der Waals surface area contributed by atoms with E-state index >= 15 is 0 Å². The molecule has 36 heavy (non-hydrogen) atoms. The summed E-state index contributed by atoms with van der Waals surface area (Å²) in [6, 6.07) is 8.95. The second kappa shape index (κ2) is 12.2. The van der Waals surface area contributed by atoms with E-state index in [4.69, 9.17) is 11.6 Å². The van der Waals surface area contributed by atoms with Crippen molar-refractivity contribution < 1.29 is 14.4 Å². The molecule has 2 heterocycles. The largest absolute Gasteiger partial charge is 0.368 e. The topological polar surface area (TPSA) is 141 Å². The summed E-state index contributed by atoms with van der Waals surface area (Å²) in [6.45, 7) is 8.16. The van der Waals surface area contributed by atoms with Gasteiger partial charge in [-0.25, -0.2) is 9.97 Å². The number of halogens is 1. The van der Waals surface area contributed by atoms with Crippen LogP contribution >= 0.6 is 11.6 Å². The molecule has 0 aliphatic rings. The van der Waals surface area contributed by atoms with E-state index < -0.39 is 0 Å². The molecule has 3 rings (SSSR count). The number of amides is 2. The number of rotatable bonds is 11. The summed E-state index contributed by atoms with van der Waals surface area (Å²) < 4.78 is 0. The Morgan fingerprint density at radius 2 is 1.47 bits per heavy atom. The molecule has 5 N–H and O–H groups in total. The fraction of sp³-hybridized carbons (Fsp3) is 0.320. The minimum absolute atomic E-state index is 0.0799. The van der Waals surface area contributed by atoms with E-state index in [2.05, 4.69) is 36.2 Å². The van der Waals surface area contributed by atoms with Crippen LogP contribution in [0.25, 0.3) is 11.4 Å². The van der Waals surface area contributed by atoms with Gasteiger partial charge in [0.15, 0.2) is 11.6 Å². The summed E-state index contributed by atoms with van der Waals surface area (Å²) in [5.74, 6) is 1.18. The Kier molecular flexibility index (Phi) is 9.02. The Balaban J connectivity index is 1.66. The minimum atomic E-state index is -0.283. The van der Waals surface area contributed by atoms with Gasteiger partial charge in [-0.2, -0.15) is 0 Å². The first-order valence-corrected chi connectivity index (χ1v) is 11.9. The van der Waals surface area contributed by atoms with E-state index in [-0.39, 0.29) is 17.6 Å². The van der Waals surface area contributed by atoms with Crippen molar-refractivity contribution in [1.82, 2.24) is 25.6 Å². The fourth-order valence-corrected chi connectivity index (χ4v) is 3.87. The van der Waals surface area contributed by atoms with Gasteiger partial charge in [0.25, 0.3) is 5.91 Å². The molecule has 0 aliphatic heterocycles. The number of carbonyl (C=O) groups is 3. The minimum Gasteiger partial charge on any atom is -0.368 e. The lowest BCUT2D eigenvalue weighted by Gasteiger charge is -2.12. The number of aromatic amines is 1. The summed E-state index contributed by atoms with van der Waals surface area (Å²) in [5, 5.41) is 12.6. The standard InChI is InChI=1S/C25H30ClN7O3/c1-14-22(16(3)34)15(2)31-23(14)25(36)30-12-11-29-21-13-20(28-10-9-27-17(4)35)32-24(33-21)18-5-7-19(26)8-6-18/h5-8,13,31H,9-12H2,1-4H3,(H,27,35)(H,30,36)(H2,28,29,32,33). The van der Waals surface area contributed by atoms with Gasteiger partial charge in [0.2, 0.25) is 5.91 Å². The third-order valence-corrected chi connectivity index (χ3v) is 5.62. The van der Waals surface area contributed by atoms with Crippen molar-refractivity contribution in [2.45, 2.75) is 27.7 Å². The first-order chi connectivity index (χ1) is 17.2. The maximum Gasteiger partial charge on any atom is 0.268 e. The molecule has 0 radical (unpaired) electrons. The number of benzene rings is 1. The maximum atomic E-state index is 12.6. The van der Waals surface area contributed by atoms with Crippen LogP contribution < -0.4 is 21.3 Å². The van der Waals surface area contributed by atoms with E-state index in [0.717, 1.165) is 5.56 Å². The molecule has 10 nitrogen and oxygen atoms in total. The van der Waals surface area contributed by atoms with Crippen LogP contribution in [0.2, 0.25) is 5.02 Å². The van der Waals surface area contributed by atoms with Gasteiger partial charge in [-0.3, -0.25) is 14.4 Å².